The fourth-order valence-electron chi connectivity index (χ4n) is 2.10. The molecule has 1 N–H and O–H groups in total. The van der Waals surface area contributed by atoms with Gasteiger partial charge in [0, 0.05) is 10.0 Å². The van der Waals surface area contributed by atoms with Crippen LogP contribution in [0.3, 0.4) is 0 Å². The molecule has 0 atom stereocenters. The lowest BCUT2D eigenvalue weighted by molar-refractivity contribution is 0.00109. The third-order valence-electron chi connectivity index (χ3n) is 3.44. The van der Waals surface area contributed by atoms with Crippen LogP contribution in [0.2, 0.25) is 0 Å². The number of ether oxygens (including phenoxy) is 1. The van der Waals surface area contributed by atoms with Crippen LogP contribution in [-0.2, 0) is 9.57 Å². The molecule has 1 heterocycles. The van der Waals surface area contributed by atoms with E-state index in [-0.39, 0.29) is 23.7 Å². The predicted molar refractivity (Wildman–Crippen MR) is 107 cm³/mol. The Hall–Kier alpha value is -2.41. The number of halogens is 1. The van der Waals surface area contributed by atoms with Gasteiger partial charge in [-0.15, -0.1) is 0 Å². The standard InChI is InChI=1S/C20H23BrN2O4/c1-6-26-19(25)15-9-10-16(24)18(22-15)17(23-27-20(3,4)5)13-8-7-12(2)14(21)11-13/h7-11,24H,6H2,1-5H3/b23-17-. The van der Waals surface area contributed by atoms with E-state index in [1.165, 1.54) is 12.1 Å². The molecule has 2 aromatic rings. The Morgan fingerprint density at radius 3 is 2.56 bits per heavy atom. The summed E-state index contributed by atoms with van der Waals surface area (Å²) in [6, 6.07) is 8.42. The maximum atomic E-state index is 12.0. The minimum Gasteiger partial charge on any atom is -0.506 e. The molecule has 0 aliphatic carbocycles. The zero-order chi connectivity index (χ0) is 20.2. The van der Waals surface area contributed by atoms with E-state index in [2.05, 4.69) is 26.1 Å². The monoisotopic (exact) mass is 434 g/mol. The molecule has 0 unspecified atom stereocenters. The van der Waals surface area contributed by atoms with E-state index in [9.17, 15) is 9.90 Å². The van der Waals surface area contributed by atoms with E-state index in [1.54, 1.807) is 6.92 Å². The quantitative estimate of drug-likeness (QED) is 0.422. The maximum Gasteiger partial charge on any atom is 0.356 e. The molecular formula is C20H23BrN2O4. The Morgan fingerprint density at radius 2 is 1.96 bits per heavy atom. The molecule has 0 amide bonds. The van der Waals surface area contributed by atoms with Gasteiger partial charge in [0.05, 0.1) is 6.61 Å². The normalized spacial score (nSPS) is 12.0. The number of hydrogen-bond donors (Lipinski definition) is 1. The van der Waals surface area contributed by atoms with Crippen molar-refractivity contribution in [3.05, 3.63) is 57.3 Å². The first-order valence-electron chi connectivity index (χ1n) is 8.52. The van der Waals surface area contributed by atoms with Crippen LogP contribution in [0, 0.1) is 6.92 Å². The molecule has 0 aliphatic rings. The van der Waals surface area contributed by atoms with Gasteiger partial charge in [-0.3, -0.25) is 0 Å². The number of aryl methyl sites for hydroxylation is 1. The highest BCUT2D eigenvalue weighted by molar-refractivity contribution is 9.10. The fourth-order valence-corrected chi connectivity index (χ4v) is 2.48. The first-order chi connectivity index (χ1) is 12.6. The Morgan fingerprint density at radius 1 is 1.26 bits per heavy atom. The van der Waals surface area contributed by atoms with Gasteiger partial charge in [0.1, 0.15) is 28.5 Å². The summed E-state index contributed by atoms with van der Waals surface area (Å²) in [4.78, 5) is 21.9. The lowest BCUT2D eigenvalue weighted by atomic mass is 10.0. The molecule has 0 radical (unpaired) electrons. The van der Waals surface area contributed by atoms with Gasteiger partial charge in [0.25, 0.3) is 0 Å². The predicted octanol–water partition coefficient (Wildman–Crippen LogP) is 4.60. The Balaban J connectivity index is 2.61. The zero-order valence-corrected chi connectivity index (χ0v) is 17.6. The van der Waals surface area contributed by atoms with Crippen molar-refractivity contribution in [3.63, 3.8) is 0 Å². The van der Waals surface area contributed by atoms with Gasteiger partial charge < -0.3 is 14.7 Å². The van der Waals surface area contributed by atoms with Crippen molar-refractivity contribution in [2.75, 3.05) is 6.61 Å². The lowest BCUT2D eigenvalue weighted by Crippen LogP contribution is -2.19. The Labute approximate surface area is 167 Å². The third-order valence-corrected chi connectivity index (χ3v) is 4.29. The average molecular weight is 435 g/mol. The summed E-state index contributed by atoms with van der Waals surface area (Å²) in [6.07, 6.45) is 0. The van der Waals surface area contributed by atoms with Crippen LogP contribution in [0.1, 0.15) is 55.0 Å². The average Bonchev–Trinajstić information content (AvgIpc) is 2.58. The van der Waals surface area contributed by atoms with Crippen LogP contribution in [0.15, 0.2) is 40.0 Å². The second kappa shape index (κ2) is 8.52. The summed E-state index contributed by atoms with van der Waals surface area (Å²) >= 11 is 3.50. The number of hydrogen-bond acceptors (Lipinski definition) is 6. The van der Waals surface area contributed by atoms with E-state index in [1.807, 2.05) is 45.9 Å². The second-order valence-corrected chi connectivity index (χ2v) is 7.75. The first kappa shape index (κ1) is 20.9. The van der Waals surface area contributed by atoms with Crippen molar-refractivity contribution in [1.29, 1.82) is 0 Å². The summed E-state index contributed by atoms with van der Waals surface area (Å²) in [5, 5.41) is 14.6. The minimum atomic E-state index is -0.570. The molecule has 6 nitrogen and oxygen atoms in total. The highest BCUT2D eigenvalue weighted by Crippen LogP contribution is 2.25. The molecule has 0 aliphatic heterocycles. The molecule has 27 heavy (non-hydrogen) atoms. The van der Waals surface area contributed by atoms with E-state index in [0.29, 0.717) is 11.3 Å². The molecule has 144 valence electrons. The highest BCUT2D eigenvalue weighted by Gasteiger charge is 2.20. The van der Waals surface area contributed by atoms with E-state index in [4.69, 9.17) is 9.57 Å². The largest absolute Gasteiger partial charge is 0.506 e. The minimum absolute atomic E-state index is 0.0827. The number of carbonyl (C=O) groups is 1. The van der Waals surface area contributed by atoms with Gasteiger partial charge >= 0.3 is 5.97 Å². The summed E-state index contributed by atoms with van der Waals surface area (Å²) in [7, 11) is 0. The number of carbonyl (C=O) groups excluding carboxylic acids is 1. The molecule has 1 aromatic heterocycles. The number of aromatic nitrogens is 1. The number of aromatic hydroxyl groups is 1. The van der Waals surface area contributed by atoms with Crippen molar-refractivity contribution >= 4 is 27.6 Å². The number of pyridine rings is 1. The van der Waals surface area contributed by atoms with Gasteiger partial charge in [0.15, 0.2) is 0 Å². The van der Waals surface area contributed by atoms with Gasteiger partial charge in [-0.2, -0.15) is 0 Å². The fraction of sp³-hybridized carbons (Fsp3) is 0.350. The van der Waals surface area contributed by atoms with Crippen molar-refractivity contribution in [1.82, 2.24) is 4.98 Å². The molecule has 0 saturated carbocycles. The topological polar surface area (TPSA) is 81.0 Å². The summed E-state index contributed by atoms with van der Waals surface area (Å²) < 4.78 is 5.87. The van der Waals surface area contributed by atoms with Gasteiger partial charge in [0.2, 0.25) is 0 Å². The smallest absolute Gasteiger partial charge is 0.356 e. The van der Waals surface area contributed by atoms with Gasteiger partial charge in [-0.05, 0) is 58.4 Å². The molecule has 0 saturated heterocycles. The maximum absolute atomic E-state index is 12.0. The third kappa shape index (κ3) is 5.53. The molecule has 1 aromatic carbocycles. The van der Waals surface area contributed by atoms with Crippen molar-refractivity contribution in [2.24, 2.45) is 5.16 Å². The molecule has 0 fully saturated rings. The number of rotatable bonds is 5. The van der Waals surface area contributed by atoms with E-state index in [0.717, 1.165) is 10.0 Å². The highest BCUT2D eigenvalue weighted by atomic mass is 79.9. The summed E-state index contributed by atoms with van der Waals surface area (Å²) in [6.45, 7) is 9.50. The van der Waals surface area contributed by atoms with Crippen LogP contribution in [-0.4, -0.2) is 34.0 Å². The molecule has 2 rings (SSSR count). The molecular weight excluding hydrogens is 412 g/mol. The Bertz CT molecular complexity index is 873. The van der Waals surface area contributed by atoms with Crippen LogP contribution in [0.5, 0.6) is 5.75 Å². The summed E-state index contributed by atoms with van der Waals surface area (Å²) in [5.41, 5.74) is 1.73. The first-order valence-corrected chi connectivity index (χ1v) is 9.32. The SMILES string of the molecule is CCOC(=O)c1ccc(O)c(/C(=N\OC(C)(C)C)c2ccc(C)c(Br)c2)n1. The number of esters is 1. The van der Waals surface area contributed by atoms with Crippen molar-refractivity contribution in [2.45, 2.75) is 40.2 Å². The lowest BCUT2D eigenvalue weighted by Gasteiger charge is -2.18. The molecule has 0 bridgehead atoms. The molecule has 0 spiro atoms. The van der Waals surface area contributed by atoms with E-state index >= 15 is 0 Å². The summed E-state index contributed by atoms with van der Waals surface area (Å²) in [5.74, 6) is -0.684. The van der Waals surface area contributed by atoms with Crippen LogP contribution in [0.4, 0.5) is 0 Å². The van der Waals surface area contributed by atoms with Crippen LogP contribution >= 0.6 is 15.9 Å². The molecule has 7 heteroatoms. The zero-order valence-electron chi connectivity index (χ0n) is 16.0. The Kier molecular flexibility index (Phi) is 6.59. The number of oxime groups is 1. The van der Waals surface area contributed by atoms with E-state index < -0.39 is 11.6 Å². The van der Waals surface area contributed by atoms with Gasteiger partial charge in [-0.25, -0.2) is 9.78 Å². The van der Waals surface area contributed by atoms with Crippen molar-refractivity contribution < 1.29 is 19.5 Å². The number of benzene rings is 1. The van der Waals surface area contributed by atoms with Crippen molar-refractivity contribution in [3.8, 4) is 5.75 Å². The second-order valence-electron chi connectivity index (χ2n) is 6.89. The van der Waals surface area contributed by atoms with Gasteiger partial charge in [-0.1, -0.05) is 33.2 Å². The van der Waals surface area contributed by atoms with Crippen LogP contribution < -0.4 is 0 Å². The van der Waals surface area contributed by atoms with Crippen LogP contribution in [0.25, 0.3) is 0 Å². The number of nitrogens with zero attached hydrogens (tertiary/aromatic N) is 2.